The molecular formula is C25H30N8. The normalized spacial score (nSPS) is 15.1. The topological polar surface area (TPSA) is 94.7 Å². The molecular weight excluding hydrogens is 412 g/mol. The minimum Gasteiger partial charge on any atom is -0.351 e. The molecule has 1 aliphatic heterocycles. The Kier molecular flexibility index (Phi) is 5.92. The average molecular weight is 443 g/mol. The van der Waals surface area contributed by atoms with Crippen LogP contribution in [0, 0.1) is 20.8 Å². The lowest BCUT2D eigenvalue weighted by molar-refractivity contribution is 0.209. The lowest BCUT2D eigenvalue weighted by Gasteiger charge is -2.32. The molecule has 1 fully saturated rings. The highest BCUT2D eigenvalue weighted by atomic mass is 15.2. The van der Waals surface area contributed by atoms with Crippen LogP contribution in [0.25, 0.3) is 11.2 Å². The third-order valence-electron chi connectivity index (χ3n) is 6.24. The van der Waals surface area contributed by atoms with Gasteiger partial charge in [0.1, 0.15) is 5.52 Å². The fourth-order valence-electron chi connectivity index (χ4n) is 4.62. The van der Waals surface area contributed by atoms with Crippen LogP contribution in [0.3, 0.4) is 0 Å². The Morgan fingerprint density at radius 2 is 1.82 bits per heavy atom. The molecule has 0 atom stereocenters. The van der Waals surface area contributed by atoms with Crippen molar-refractivity contribution in [1.29, 1.82) is 0 Å². The Morgan fingerprint density at radius 1 is 1.03 bits per heavy atom. The number of aromatic amines is 1. The molecule has 0 spiro atoms. The van der Waals surface area contributed by atoms with E-state index in [2.05, 4.69) is 74.4 Å². The van der Waals surface area contributed by atoms with Gasteiger partial charge in [-0.15, -0.1) is 0 Å². The first-order valence-corrected chi connectivity index (χ1v) is 11.5. The zero-order valence-corrected chi connectivity index (χ0v) is 19.4. The second-order valence-electron chi connectivity index (χ2n) is 8.91. The zero-order chi connectivity index (χ0) is 22.8. The number of anilines is 3. The number of aromatic nitrogens is 5. The summed E-state index contributed by atoms with van der Waals surface area (Å²) in [5, 5.41) is 7.08. The van der Waals surface area contributed by atoms with Crippen LogP contribution >= 0.6 is 0 Å². The minimum atomic E-state index is 0.331. The molecule has 8 heteroatoms. The van der Waals surface area contributed by atoms with Crippen LogP contribution in [-0.4, -0.2) is 49.0 Å². The van der Waals surface area contributed by atoms with Crippen LogP contribution in [0.4, 0.5) is 17.5 Å². The number of benzene rings is 1. The third kappa shape index (κ3) is 4.80. The van der Waals surface area contributed by atoms with Gasteiger partial charge in [0.25, 0.3) is 0 Å². The molecule has 5 rings (SSSR count). The number of aryl methyl sites for hydroxylation is 3. The Morgan fingerprint density at radius 3 is 2.55 bits per heavy atom. The minimum absolute atomic E-state index is 0.331. The van der Waals surface area contributed by atoms with Crippen molar-refractivity contribution in [3.8, 4) is 0 Å². The molecule has 8 nitrogen and oxygen atoms in total. The Bertz CT molecular complexity index is 1220. The highest BCUT2D eigenvalue weighted by Gasteiger charge is 2.21. The molecule has 0 radical (unpaired) electrons. The van der Waals surface area contributed by atoms with E-state index < -0.39 is 0 Å². The highest BCUT2D eigenvalue weighted by molar-refractivity contribution is 5.87. The van der Waals surface area contributed by atoms with Crippen molar-refractivity contribution in [1.82, 2.24) is 29.8 Å². The Balaban J connectivity index is 1.30. The summed E-state index contributed by atoms with van der Waals surface area (Å²) in [6, 6.07) is 10.8. The van der Waals surface area contributed by atoms with Crippen molar-refractivity contribution in [2.45, 2.75) is 46.2 Å². The predicted molar refractivity (Wildman–Crippen MR) is 132 cm³/mol. The average Bonchev–Trinajstić information content (AvgIpc) is 3.27. The maximum Gasteiger partial charge on any atom is 0.227 e. The van der Waals surface area contributed by atoms with Gasteiger partial charge in [0.2, 0.25) is 5.95 Å². The quantitative estimate of drug-likeness (QED) is 0.405. The van der Waals surface area contributed by atoms with Gasteiger partial charge in [0, 0.05) is 37.6 Å². The number of hydrogen-bond donors (Lipinski definition) is 3. The molecule has 1 aromatic carbocycles. The van der Waals surface area contributed by atoms with Gasteiger partial charge >= 0.3 is 0 Å². The summed E-state index contributed by atoms with van der Waals surface area (Å²) in [6.07, 6.45) is 5.60. The van der Waals surface area contributed by atoms with Gasteiger partial charge in [-0.25, -0.2) is 4.98 Å². The van der Waals surface area contributed by atoms with E-state index in [1.807, 2.05) is 18.3 Å². The number of pyridine rings is 1. The number of imidazole rings is 1. The van der Waals surface area contributed by atoms with E-state index in [1.54, 1.807) is 6.33 Å². The first kappa shape index (κ1) is 21.3. The largest absolute Gasteiger partial charge is 0.351 e. The summed E-state index contributed by atoms with van der Waals surface area (Å²) in [5.74, 6) is 1.35. The summed E-state index contributed by atoms with van der Waals surface area (Å²) >= 11 is 0. The van der Waals surface area contributed by atoms with E-state index in [-0.39, 0.29) is 0 Å². The van der Waals surface area contributed by atoms with Crippen LogP contribution in [0.15, 0.2) is 42.9 Å². The Labute approximate surface area is 193 Å². The molecule has 0 bridgehead atoms. The molecule has 3 N–H and O–H groups in total. The van der Waals surface area contributed by atoms with Crippen molar-refractivity contribution in [2.75, 3.05) is 23.7 Å². The fraction of sp³-hybridized carbons (Fsp3) is 0.360. The molecule has 4 aromatic rings. The van der Waals surface area contributed by atoms with E-state index in [1.165, 1.54) is 16.7 Å². The number of fused-ring (bicyclic) bond motifs is 1. The Hall–Kier alpha value is -3.52. The van der Waals surface area contributed by atoms with Gasteiger partial charge in [-0.05, 0) is 56.9 Å². The molecule has 170 valence electrons. The van der Waals surface area contributed by atoms with Crippen LogP contribution in [0.5, 0.6) is 0 Å². The van der Waals surface area contributed by atoms with Crippen molar-refractivity contribution < 1.29 is 0 Å². The van der Waals surface area contributed by atoms with Gasteiger partial charge in [0.15, 0.2) is 11.5 Å². The van der Waals surface area contributed by atoms with Crippen LogP contribution in [0.1, 0.15) is 35.2 Å². The number of nitrogens with one attached hydrogen (secondary N) is 3. The molecule has 1 aliphatic rings. The van der Waals surface area contributed by atoms with Crippen molar-refractivity contribution in [3.63, 3.8) is 0 Å². The first-order chi connectivity index (χ1) is 16.0. The molecule has 1 saturated heterocycles. The van der Waals surface area contributed by atoms with E-state index in [4.69, 9.17) is 4.98 Å². The molecule has 3 aromatic heterocycles. The predicted octanol–water partition coefficient (Wildman–Crippen LogP) is 4.49. The summed E-state index contributed by atoms with van der Waals surface area (Å²) in [7, 11) is 0. The number of H-pyrrole nitrogens is 1. The summed E-state index contributed by atoms with van der Waals surface area (Å²) < 4.78 is 0. The molecule has 0 amide bonds. The number of nitrogens with zero attached hydrogens (tertiary/aromatic N) is 5. The SMILES string of the molecule is Cc1cc(C)c(Nc2nc(NC3CCN(Cc4ccccn4)CC3)nc3nc[nH]c23)c(C)c1. The first-order valence-electron chi connectivity index (χ1n) is 11.5. The zero-order valence-electron chi connectivity index (χ0n) is 19.4. The maximum absolute atomic E-state index is 4.83. The van der Waals surface area contributed by atoms with Gasteiger partial charge < -0.3 is 15.6 Å². The molecule has 4 heterocycles. The lowest BCUT2D eigenvalue weighted by atomic mass is 10.0. The van der Waals surface area contributed by atoms with Gasteiger partial charge in [-0.3, -0.25) is 9.88 Å². The second-order valence-corrected chi connectivity index (χ2v) is 8.91. The van der Waals surface area contributed by atoms with E-state index in [0.29, 0.717) is 17.6 Å². The number of piperidine rings is 1. The van der Waals surface area contributed by atoms with Crippen molar-refractivity contribution >= 4 is 28.6 Å². The number of likely N-dealkylation sites (tertiary alicyclic amines) is 1. The van der Waals surface area contributed by atoms with E-state index >= 15 is 0 Å². The van der Waals surface area contributed by atoms with Crippen molar-refractivity contribution in [3.05, 3.63) is 65.2 Å². The van der Waals surface area contributed by atoms with Crippen LogP contribution in [-0.2, 0) is 6.54 Å². The summed E-state index contributed by atoms with van der Waals surface area (Å²) in [6.45, 7) is 9.28. The monoisotopic (exact) mass is 442 g/mol. The standard InChI is InChI=1S/C25H30N8/c1-16-12-17(2)21(18(3)13-16)30-24-22-23(28-15-27-22)31-25(32-24)29-19-7-10-33(11-8-19)14-20-6-4-5-9-26-20/h4-6,9,12-13,15,19H,7-8,10-11,14H2,1-3H3,(H3,27,28,29,30,31,32). The van der Waals surface area contributed by atoms with Gasteiger partial charge in [-0.1, -0.05) is 23.8 Å². The number of hydrogen-bond acceptors (Lipinski definition) is 7. The van der Waals surface area contributed by atoms with E-state index in [9.17, 15) is 0 Å². The molecule has 0 saturated carbocycles. The third-order valence-corrected chi connectivity index (χ3v) is 6.24. The smallest absolute Gasteiger partial charge is 0.227 e. The molecule has 0 unspecified atom stereocenters. The van der Waals surface area contributed by atoms with Gasteiger partial charge in [0.05, 0.1) is 12.0 Å². The summed E-state index contributed by atoms with van der Waals surface area (Å²) in [5.41, 5.74) is 7.29. The van der Waals surface area contributed by atoms with E-state index in [0.717, 1.165) is 55.2 Å². The lowest BCUT2D eigenvalue weighted by Crippen LogP contribution is -2.39. The molecule has 0 aliphatic carbocycles. The molecule has 33 heavy (non-hydrogen) atoms. The maximum atomic E-state index is 4.83. The highest BCUT2D eigenvalue weighted by Crippen LogP contribution is 2.29. The van der Waals surface area contributed by atoms with Crippen LogP contribution < -0.4 is 10.6 Å². The van der Waals surface area contributed by atoms with Crippen LogP contribution in [0.2, 0.25) is 0 Å². The van der Waals surface area contributed by atoms with Crippen molar-refractivity contribution in [2.24, 2.45) is 0 Å². The van der Waals surface area contributed by atoms with Gasteiger partial charge in [-0.2, -0.15) is 9.97 Å². The number of rotatable bonds is 6. The fourth-order valence-corrected chi connectivity index (χ4v) is 4.62. The summed E-state index contributed by atoms with van der Waals surface area (Å²) in [4.78, 5) is 23.9. The second kappa shape index (κ2) is 9.15.